The van der Waals surface area contributed by atoms with E-state index in [-0.39, 0.29) is 6.04 Å². The van der Waals surface area contributed by atoms with Gasteiger partial charge in [-0.3, -0.25) is 0 Å². The summed E-state index contributed by atoms with van der Waals surface area (Å²) in [6, 6.07) is 7.86. The number of phenols is 1. The Morgan fingerprint density at radius 3 is 2.50 bits per heavy atom. The Labute approximate surface area is 97.7 Å². The molecular weight excluding hydrogens is 198 g/mol. The molecule has 0 fully saturated rings. The predicted molar refractivity (Wildman–Crippen MR) is 67.2 cm³/mol. The number of rotatable bonds is 5. The van der Waals surface area contributed by atoms with Gasteiger partial charge in [0.25, 0.3) is 0 Å². The molecule has 2 heteroatoms. The van der Waals surface area contributed by atoms with Crippen molar-refractivity contribution in [2.75, 3.05) is 0 Å². The molecule has 2 atom stereocenters. The number of terminal acetylenes is 1. The minimum atomic E-state index is 0.249. The molecule has 0 heterocycles. The molecule has 1 rings (SSSR count). The summed E-state index contributed by atoms with van der Waals surface area (Å²) in [5.41, 5.74) is 1.16. The Morgan fingerprint density at radius 1 is 1.38 bits per heavy atom. The Kier molecular flexibility index (Phi) is 4.88. The quantitative estimate of drug-likeness (QED) is 0.743. The van der Waals surface area contributed by atoms with Crippen LogP contribution in [0.5, 0.6) is 5.75 Å². The maximum atomic E-state index is 9.20. The fourth-order valence-corrected chi connectivity index (χ4v) is 1.68. The van der Waals surface area contributed by atoms with Crippen molar-refractivity contribution in [3.05, 3.63) is 29.8 Å². The number of aromatic hydroxyl groups is 1. The first-order valence-electron chi connectivity index (χ1n) is 5.65. The number of benzene rings is 1. The van der Waals surface area contributed by atoms with Crippen molar-refractivity contribution in [2.45, 2.75) is 38.8 Å². The molecule has 2 unspecified atom stereocenters. The molecule has 0 amide bonds. The van der Waals surface area contributed by atoms with Crippen LogP contribution in [0.15, 0.2) is 24.3 Å². The van der Waals surface area contributed by atoms with Crippen LogP contribution >= 0.6 is 0 Å². The van der Waals surface area contributed by atoms with Crippen molar-refractivity contribution in [3.8, 4) is 18.1 Å². The van der Waals surface area contributed by atoms with E-state index in [1.54, 1.807) is 12.1 Å². The second-order valence-electron chi connectivity index (χ2n) is 3.99. The van der Waals surface area contributed by atoms with Crippen LogP contribution in [-0.4, -0.2) is 11.1 Å². The van der Waals surface area contributed by atoms with E-state index in [2.05, 4.69) is 25.1 Å². The van der Waals surface area contributed by atoms with Gasteiger partial charge in [-0.15, -0.1) is 12.3 Å². The van der Waals surface area contributed by atoms with E-state index in [0.29, 0.717) is 11.8 Å². The summed E-state index contributed by atoms with van der Waals surface area (Å²) in [5, 5.41) is 12.7. The third-order valence-electron chi connectivity index (χ3n) is 2.74. The lowest BCUT2D eigenvalue weighted by molar-refractivity contribution is 0.447. The van der Waals surface area contributed by atoms with Crippen LogP contribution in [0.25, 0.3) is 0 Å². The van der Waals surface area contributed by atoms with E-state index >= 15 is 0 Å². The molecule has 0 aliphatic rings. The second kappa shape index (κ2) is 6.19. The second-order valence-corrected chi connectivity index (χ2v) is 3.99. The van der Waals surface area contributed by atoms with E-state index in [4.69, 9.17) is 6.42 Å². The van der Waals surface area contributed by atoms with Crippen molar-refractivity contribution in [3.63, 3.8) is 0 Å². The van der Waals surface area contributed by atoms with Crippen LogP contribution in [0.3, 0.4) is 0 Å². The van der Waals surface area contributed by atoms with E-state index in [1.807, 2.05) is 12.1 Å². The van der Waals surface area contributed by atoms with Crippen LogP contribution in [0.4, 0.5) is 0 Å². The van der Waals surface area contributed by atoms with Gasteiger partial charge >= 0.3 is 0 Å². The number of hydrogen-bond acceptors (Lipinski definition) is 2. The van der Waals surface area contributed by atoms with Gasteiger partial charge < -0.3 is 10.4 Å². The van der Waals surface area contributed by atoms with Gasteiger partial charge in [0.2, 0.25) is 0 Å². The third kappa shape index (κ3) is 3.60. The average Bonchev–Trinajstić information content (AvgIpc) is 2.29. The Balaban J connectivity index is 2.60. The summed E-state index contributed by atoms with van der Waals surface area (Å²) in [4.78, 5) is 0. The van der Waals surface area contributed by atoms with Crippen LogP contribution in [0.2, 0.25) is 0 Å². The highest BCUT2D eigenvalue weighted by atomic mass is 16.3. The molecule has 86 valence electrons. The van der Waals surface area contributed by atoms with Crippen molar-refractivity contribution in [1.82, 2.24) is 5.32 Å². The number of hydrogen-bond donors (Lipinski definition) is 2. The zero-order chi connectivity index (χ0) is 12.0. The first kappa shape index (κ1) is 12.6. The van der Waals surface area contributed by atoms with Crippen LogP contribution in [0, 0.1) is 12.3 Å². The molecule has 0 spiro atoms. The predicted octanol–water partition coefficient (Wildman–Crippen LogP) is 2.84. The maximum Gasteiger partial charge on any atom is 0.115 e. The molecule has 0 radical (unpaired) electrons. The van der Waals surface area contributed by atoms with Gasteiger partial charge in [-0.25, -0.2) is 0 Å². The van der Waals surface area contributed by atoms with Crippen LogP contribution in [0.1, 0.15) is 38.3 Å². The molecule has 0 aliphatic heterocycles. The van der Waals surface area contributed by atoms with Crippen molar-refractivity contribution >= 4 is 0 Å². The van der Waals surface area contributed by atoms with Crippen LogP contribution in [-0.2, 0) is 0 Å². The molecule has 1 aromatic carbocycles. The van der Waals surface area contributed by atoms with E-state index < -0.39 is 0 Å². The van der Waals surface area contributed by atoms with E-state index in [9.17, 15) is 5.11 Å². The molecule has 0 aliphatic carbocycles. The van der Waals surface area contributed by atoms with Gasteiger partial charge in [-0.1, -0.05) is 19.1 Å². The first-order chi connectivity index (χ1) is 7.67. The minimum absolute atomic E-state index is 0.249. The summed E-state index contributed by atoms with van der Waals surface area (Å²) in [5.74, 6) is 2.98. The van der Waals surface area contributed by atoms with Gasteiger partial charge in [0.05, 0.1) is 0 Å². The third-order valence-corrected chi connectivity index (χ3v) is 2.74. The SMILES string of the molecule is C#CCC(CC)NC(C)c1ccc(O)cc1. The highest BCUT2D eigenvalue weighted by Crippen LogP contribution is 2.17. The topological polar surface area (TPSA) is 32.3 Å². The number of phenolic OH excluding ortho intramolecular Hbond substituents is 1. The Morgan fingerprint density at radius 2 is 2.00 bits per heavy atom. The first-order valence-corrected chi connectivity index (χ1v) is 5.65. The summed E-state index contributed by atoms with van der Waals surface area (Å²) in [6.07, 6.45) is 7.09. The average molecular weight is 217 g/mol. The summed E-state index contributed by atoms with van der Waals surface area (Å²) in [6.45, 7) is 4.23. The molecule has 16 heavy (non-hydrogen) atoms. The summed E-state index contributed by atoms with van der Waals surface area (Å²) < 4.78 is 0. The maximum absolute atomic E-state index is 9.20. The molecule has 0 aromatic heterocycles. The molecule has 2 nitrogen and oxygen atoms in total. The fraction of sp³-hybridized carbons (Fsp3) is 0.429. The van der Waals surface area contributed by atoms with E-state index in [0.717, 1.165) is 18.4 Å². The smallest absolute Gasteiger partial charge is 0.115 e. The lowest BCUT2D eigenvalue weighted by Crippen LogP contribution is -2.30. The van der Waals surface area contributed by atoms with Crippen molar-refractivity contribution in [2.24, 2.45) is 0 Å². The largest absolute Gasteiger partial charge is 0.508 e. The molecule has 1 aromatic rings. The minimum Gasteiger partial charge on any atom is -0.508 e. The lowest BCUT2D eigenvalue weighted by Gasteiger charge is -2.21. The Bertz CT molecular complexity index is 350. The highest BCUT2D eigenvalue weighted by Gasteiger charge is 2.10. The van der Waals surface area contributed by atoms with Gasteiger partial charge in [0, 0.05) is 18.5 Å². The molecule has 2 N–H and O–H groups in total. The van der Waals surface area contributed by atoms with Gasteiger partial charge in [0.15, 0.2) is 0 Å². The summed E-state index contributed by atoms with van der Waals surface area (Å²) >= 11 is 0. The zero-order valence-corrected chi connectivity index (χ0v) is 9.90. The lowest BCUT2D eigenvalue weighted by atomic mass is 10.1. The molecule has 0 saturated heterocycles. The fourth-order valence-electron chi connectivity index (χ4n) is 1.68. The van der Waals surface area contributed by atoms with E-state index in [1.165, 1.54) is 0 Å². The standard InChI is InChI=1S/C14H19NO/c1-4-6-13(5-2)15-11(3)12-7-9-14(16)10-8-12/h1,7-11,13,15-16H,5-6H2,2-3H3. The zero-order valence-electron chi connectivity index (χ0n) is 9.90. The molecule has 0 bridgehead atoms. The van der Waals surface area contributed by atoms with Crippen molar-refractivity contribution in [1.29, 1.82) is 0 Å². The van der Waals surface area contributed by atoms with Crippen molar-refractivity contribution < 1.29 is 5.11 Å². The Hall–Kier alpha value is -1.46. The highest BCUT2D eigenvalue weighted by molar-refractivity contribution is 5.27. The van der Waals surface area contributed by atoms with Gasteiger partial charge in [-0.2, -0.15) is 0 Å². The van der Waals surface area contributed by atoms with Gasteiger partial charge in [-0.05, 0) is 31.0 Å². The van der Waals surface area contributed by atoms with Gasteiger partial charge in [0.1, 0.15) is 5.75 Å². The summed E-state index contributed by atoms with van der Waals surface area (Å²) in [7, 11) is 0. The molecule has 0 saturated carbocycles. The monoisotopic (exact) mass is 217 g/mol. The number of nitrogens with one attached hydrogen (secondary N) is 1. The molecular formula is C14H19NO. The van der Waals surface area contributed by atoms with Crippen LogP contribution < -0.4 is 5.32 Å². The normalized spacial score (nSPS) is 14.1.